The lowest BCUT2D eigenvalue weighted by molar-refractivity contribution is 0.624. The van der Waals surface area contributed by atoms with E-state index in [1.807, 2.05) is 12.3 Å². The SMILES string of the molecule is C=CCCn1ccc(Cl)n1. The molecule has 1 aromatic heterocycles. The summed E-state index contributed by atoms with van der Waals surface area (Å²) >= 11 is 5.58. The van der Waals surface area contributed by atoms with Crippen LogP contribution in [0.5, 0.6) is 0 Å². The molecule has 0 aromatic carbocycles. The zero-order chi connectivity index (χ0) is 7.40. The van der Waals surface area contributed by atoms with Gasteiger partial charge in [-0.3, -0.25) is 4.68 Å². The molecular formula is C7H9ClN2. The average molecular weight is 157 g/mol. The molecule has 0 saturated carbocycles. The lowest BCUT2D eigenvalue weighted by atomic mass is 10.4. The molecule has 3 heteroatoms. The van der Waals surface area contributed by atoms with Crippen LogP contribution in [0.1, 0.15) is 6.42 Å². The highest BCUT2D eigenvalue weighted by Gasteiger charge is 1.91. The zero-order valence-electron chi connectivity index (χ0n) is 5.63. The van der Waals surface area contributed by atoms with Crippen LogP contribution in [-0.2, 0) is 6.54 Å². The van der Waals surface area contributed by atoms with E-state index in [1.165, 1.54) is 0 Å². The molecule has 0 amide bonds. The number of rotatable bonds is 3. The Kier molecular flexibility index (Phi) is 2.51. The summed E-state index contributed by atoms with van der Waals surface area (Å²) in [5.74, 6) is 0. The van der Waals surface area contributed by atoms with Crippen molar-refractivity contribution < 1.29 is 0 Å². The molecule has 0 bridgehead atoms. The van der Waals surface area contributed by atoms with Crippen molar-refractivity contribution >= 4 is 11.6 Å². The first kappa shape index (κ1) is 7.35. The van der Waals surface area contributed by atoms with Gasteiger partial charge in [0.05, 0.1) is 0 Å². The summed E-state index contributed by atoms with van der Waals surface area (Å²) in [6, 6.07) is 1.77. The van der Waals surface area contributed by atoms with Crippen molar-refractivity contribution in [1.82, 2.24) is 9.78 Å². The highest BCUT2D eigenvalue weighted by molar-refractivity contribution is 6.29. The third-order valence-corrected chi connectivity index (χ3v) is 1.37. The molecule has 0 aliphatic heterocycles. The highest BCUT2D eigenvalue weighted by Crippen LogP contribution is 2.02. The van der Waals surface area contributed by atoms with Gasteiger partial charge in [0.1, 0.15) is 0 Å². The Morgan fingerprint density at radius 3 is 3.10 bits per heavy atom. The summed E-state index contributed by atoms with van der Waals surface area (Å²) in [7, 11) is 0. The van der Waals surface area contributed by atoms with E-state index < -0.39 is 0 Å². The van der Waals surface area contributed by atoms with Crippen LogP contribution in [0.15, 0.2) is 24.9 Å². The molecule has 0 N–H and O–H groups in total. The fourth-order valence-electron chi connectivity index (χ4n) is 0.685. The minimum absolute atomic E-state index is 0.545. The Morgan fingerprint density at radius 1 is 1.80 bits per heavy atom. The second kappa shape index (κ2) is 3.42. The third-order valence-electron chi connectivity index (χ3n) is 1.17. The van der Waals surface area contributed by atoms with E-state index in [2.05, 4.69) is 11.7 Å². The molecule has 0 radical (unpaired) electrons. The standard InChI is InChI=1S/C7H9ClN2/c1-2-3-5-10-6-4-7(8)9-10/h2,4,6H,1,3,5H2. The van der Waals surface area contributed by atoms with Crippen LogP contribution in [-0.4, -0.2) is 9.78 Å². The number of aromatic nitrogens is 2. The molecule has 0 aliphatic carbocycles. The van der Waals surface area contributed by atoms with Gasteiger partial charge in [0, 0.05) is 12.7 Å². The molecule has 0 atom stereocenters. The van der Waals surface area contributed by atoms with Crippen molar-refractivity contribution in [3.8, 4) is 0 Å². The van der Waals surface area contributed by atoms with E-state index in [0.29, 0.717) is 5.15 Å². The van der Waals surface area contributed by atoms with Crippen LogP contribution >= 0.6 is 11.6 Å². The molecule has 1 heterocycles. The van der Waals surface area contributed by atoms with Crippen LogP contribution < -0.4 is 0 Å². The third kappa shape index (κ3) is 1.88. The quantitative estimate of drug-likeness (QED) is 0.613. The van der Waals surface area contributed by atoms with Crippen LogP contribution in [0.25, 0.3) is 0 Å². The van der Waals surface area contributed by atoms with Gasteiger partial charge in [-0.2, -0.15) is 5.10 Å². The first-order chi connectivity index (χ1) is 4.83. The Hall–Kier alpha value is -0.760. The molecule has 0 unspecified atom stereocenters. The van der Waals surface area contributed by atoms with Crippen molar-refractivity contribution in [1.29, 1.82) is 0 Å². The van der Waals surface area contributed by atoms with Gasteiger partial charge in [-0.05, 0) is 12.5 Å². The van der Waals surface area contributed by atoms with Crippen molar-refractivity contribution in [3.05, 3.63) is 30.1 Å². The van der Waals surface area contributed by atoms with E-state index in [9.17, 15) is 0 Å². The highest BCUT2D eigenvalue weighted by atomic mass is 35.5. The summed E-state index contributed by atoms with van der Waals surface area (Å²) in [5.41, 5.74) is 0. The molecule has 2 nitrogen and oxygen atoms in total. The number of hydrogen-bond acceptors (Lipinski definition) is 1. The largest absolute Gasteiger partial charge is 0.271 e. The van der Waals surface area contributed by atoms with Gasteiger partial charge in [0.25, 0.3) is 0 Å². The molecule has 0 aliphatic rings. The monoisotopic (exact) mass is 156 g/mol. The molecule has 1 aromatic rings. The lowest BCUT2D eigenvalue weighted by Crippen LogP contribution is -1.96. The van der Waals surface area contributed by atoms with Crippen LogP contribution in [0.2, 0.25) is 5.15 Å². The topological polar surface area (TPSA) is 17.8 Å². The Morgan fingerprint density at radius 2 is 2.60 bits per heavy atom. The Labute approximate surface area is 65.1 Å². The van der Waals surface area contributed by atoms with Gasteiger partial charge in [-0.15, -0.1) is 6.58 Å². The van der Waals surface area contributed by atoms with E-state index in [0.717, 1.165) is 13.0 Å². The van der Waals surface area contributed by atoms with Gasteiger partial charge in [-0.1, -0.05) is 17.7 Å². The van der Waals surface area contributed by atoms with Crippen molar-refractivity contribution in [2.45, 2.75) is 13.0 Å². The number of allylic oxidation sites excluding steroid dienone is 1. The second-order valence-corrected chi connectivity index (χ2v) is 2.37. The van der Waals surface area contributed by atoms with Crippen LogP contribution in [0.4, 0.5) is 0 Å². The van der Waals surface area contributed by atoms with E-state index in [-0.39, 0.29) is 0 Å². The zero-order valence-corrected chi connectivity index (χ0v) is 6.38. The maximum atomic E-state index is 5.58. The van der Waals surface area contributed by atoms with E-state index in [4.69, 9.17) is 11.6 Å². The predicted molar refractivity (Wildman–Crippen MR) is 42.1 cm³/mol. The summed E-state index contributed by atoms with van der Waals surface area (Å²) in [6.07, 6.45) is 4.64. The molecule has 54 valence electrons. The summed E-state index contributed by atoms with van der Waals surface area (Å²) in [4.78, 5) is 0. The van der Waals surface area contributed by atoms with Crippen molar-refractivity contribution in [2.24, 2.45) is 0 Å². The predicted octanol–water partition coefficient (Wildman–Crippen LogP) is 2.11. The Bertz CT molecular complexity index is 217. The van der Waals surface area contributed by atoms with Gasteiger partial charge in [-0.25, -0.2) is 0 Å². The maximum Gasteiger partial charge on any atom is 0.151 e. The van der Waals surface area contributed by atoms with E-state index in [1.54, 1.807) is 10.7 Å². The molecule has 0 saturated heterocycles. The molecule has 0 fully saturated rings. The summed E-state index contributed by atoms with van der Waals surface area (Å²) < 4.78 is 1.80. The Balaban J connectivity index is 2.49. The number of aryl methyl sites for hydroxylation is 1. The van der Waals surface area contributed by atoms with Gasteiger partial charge >= 0.3 is 0 Å². The lowest BCUT2D eigenvalue weighted by Gasteiger charge is -1.94. The number of hydrogen-bond donors (Lipinski definition) is 0. The second-order valence-electron chi connectivity index (χ2n) is 1.98. The van der Waals surface area contributed by atoms with Crippen LogP contribution in [0.3, 0.4) is 0 Å². The first-order valence-electron chi connectivity index (χ1n) is 3.13. The summed E-state index contributed by atoms with van der Waals surface area (Å²) in [6.45, 7) is 4.47. The fourth-order valence-corrected chi connectivity index (χ4v) is 0.838. The molecule has 10 heavy (non-hydrogen) atoms. The minimum atomic E-state index is 0.545. The van der Waals surface area contributed by atoms with Gasteiger partial charge in [0.2, 0.25) is 0 Å². The normalized spacial score (nSPS) is 9.70. The maximum absolute atomic E-state index is 5.58. The fraction of sp³-hybridized carbons (Fsp3) is 0.286. The number of halogens is 1. The van der Waals surface area contributed by atoms with Gasteiger partial charge in [0.15, 0.2) is 5.15 Å². The number of nitrogens with zero attached hydrogens (tertiary/aromatic N) is 2. The van der Waals surface area contributed by atoms with Crippen molar-refractivity contribution in [2.75, 3.05) is 0 Å². The van der Waals surface area contributed by atoms with Crippen molar-refractivity contribution in [3.63, 3.8) is 0 Å². The van der Waals surface area contributed by atoms with Crippen LogP contribution in [0, 0.1) is 0 Å². The summed E-state index contributed by atoms with van der Waals surface area (Å²) in [5, 5.41) is 4.53. The molecule has 0 spiro atoms. The first-order valence-corrected chi connectivity index (χ1v) is 3.50. The average Bonchev–Trinajstić information content (AvgIpc) is 2.31. The smallest absolute Gasteiger partial charge is 0.151 e. The molecular weight excluding hydrogens is 148 g/mol. The van der Waals surface area contributed by atoms with E-state index >= 15 is 0 Å². The molecule has 1 rings (SSSR count). The minimum Gasteiger partial charge on any atom is -0.271 e. The van der Waals surface area contributed by atoms with Gasteiger partial charge < -0.3 is 0 Å².